The van der Waals surface area contributed by atoms with Crippen LogP contribution in [0.25, 0.3) is 11.1 Å². The van der Waals surface area contributed by atoms with E-state index in [2.05, 4.69) is 5.32 Å². The van der Waals surface area contributed by atoms with Crippen LogP contribution in [0.4, 0.5) is 5.69 Å². The first kappa shape index (κ1) is 21.0. The lowest BCUT2D eigenvalue weighted by molar-refractivity contribution is -0.147. The molecule has 3 aromatic rings. The SMILES string of the molecule is Cc1ccccc1NC(=O)COC(=O)CCC(=O)c1ccc(-c2ccccc2)cc1. The van der Waals surface area contributed by atoms with Gasteiger partial charge in [0.15, 0.2) is 12.4 Å². The van der Waals surface area contributed by atoms with E-state index in [-0.39, 0.29) is 25.2 Å². The molecule has 0 spiro atoms. The maximum absolute atomic E-state index is 12.3. The number of Topliss-reactive ketones (excluding diaryl/α,β-unsaturated/α-hetero) is 1. The number of nitrogens with one attached hydrogen (secondary N) is 1. The zero-order chi connectivity index (χ0) is 21.3. The average molecular weight is 401 g/mol. The molecule has 0 radical (unpaired) electrons. The van der Waals surface area contributed by atoms with Crippen LogP contribution in [0.2, 0.25) is 0 Å². The summed E-state index contributed by atoms with van der Waals surface area (Å²) >= 11 is 0. The second-order valence-electron chi connectivity index (χ2n) is 6.89. The fourth-order valence-corrected chi connectivity index (χ4v) is 2.96. The number of benzene rings is 3. The van der Waals surface area contributed by atoms with Gasteiger partial charge in [0, 0.05) is 17.7 Å². The van der Waals surface area contributed by atoms with E-state index in [4.69, 9.17) is 4.74 Å². The Bertz CT molecular complexity index is 1030. The topological polar surface area (TPSA) is 72.5 Å². The molecule has 0 fully saturated rings. The number of para-hydroxylation sites is 1. The van der Waals surface area contributed by atoms with Crippen molar-refractivity contribution in [3.63, 3.8) is 0 Å². The van der Waals surface area contributed by atoms with E-state index >= 15 is 0 Å². The Morgan fingerprint density at radius 2 is 1.40 bits per heavy atom. The maximum Gasteiger partial charge on any atom is 0.306 e. The van der Waals surface area contributed by atoms with Crippen molar-refractivity contribution in [3.8, 4) is 11.1 Å². The minimum absolute atomic E-state index is 0.0307. The molecule has 3 aromatic carbocycles. The van der Waals surface area contributed by atoms with Gasteiger partial charge >= 0.3 is 5.97 Å². The molecule has 0 saturated carbocycles. The summed E-state index contributed by atoms with van der Waals surface area (Å²) in [5, 5.41) is 2.69. The summed E-state index contributed by atoms with van der Waals surface area (Å²) in [6.45, 7) is 1.49. The Balaban J connectivity index is 1.43. The number of ketones is 1. The highest BCUT2D eigenvalue weighted by Crippen LogP contribution is 2.20. The van der Waals surface area contributed by atoms with Gasteiger partial charge in [-0.05, 0) is 29.7 Å². The van der Waals surface area contributed by atoms with Crippen molar-refractivity contribution in [2.75, 3.05) is 11.9 Å². The van der Waals surface area contributed by atoms with Gasteiger partial charge in [0.05, 0.1) is 6.42 Å². The normalized spacial score (nSPS) is 10.3. The van der Waals surface area contributed by atoms with Crippen LogP contribution in [0.15, 0.2) is 78.9 Å². The van der Waals surface area contributed by atoms with Gasteiger partial charge in [-0.2, -0.15) is 0 Å². The number of carbonyl (C=O) groups is 3. The molecule has 0 aliphatic carbocycles. The standard InChI is InChI=1S/C25H23NO4/c1-18-7-5-6-10-22(18)26-24(28)17-30-25(29)16-15-23(27)21-13-11-20(12-14-21)19-8-3-2-4-9-19/h2-14H,15-17H2,1H3,(H,26,28). The molecule has 0 atom stereocenters. The minimum Gasteiger partial charge on any atom is -0.456 e. The monoisotopic (exact) mass is 401 g/mol. The highest BCUT2D eigenvalue weighted by molar-refractivity contribution is 5.98. The molecular weight excluding hydrogens is 378 g/mol. The fraction of sp³-hybridized carbons (Fsp3) is 0.160. The largest absolute Gasteiger partial charge is 0.456 e. The second kappa shape index (κ2) is 10.2. The first-order valence-electron chi connectivity index (χ1n) is 9.73. The van der Waals surface area contributed by atoms with E-state index < -0.39 is 11.9 Å². The van der Waals surface area contributed by atoms with Gasteiger partial charge in [-0.25, -0.2) is 0 Å². The van der Waals surface area contributed by atoms with E-state index in [1.54, 1.807) is 18.2 Å². The third-order valence-corrected chi connectivity index (χ3v) is 4.65. The molecule has 1 amide bonds. The van der Waals surface area contributed by atoms with Crippen molar-refractivity contribution in [2.45, 2.75) is 19.8 Å². The number of rotatable bonds is 8. The van der Waals surface area contributed by atoms with Crippen LogP contribution in [0.1, 0.15) is 28.8 Å². The third-order valence-electron chi connectivity index (χ3n) is 4.65. The molecule has 0 saturated heterocycles. The van der Waals surface area contributed by atoms with Gasteiger partial charge in [0.25, 0.3) is 5.91 Å². The predicted octanol–water partition coefficient (Wildman–Crippen LogP) is 4.81. The van der Waals surface area contributed by atoms with E-state index in [0.29, 0.717) is 11.3 Å². The molecule has 0 heterocycles. The summed E-state index contributed by atoms with van der Waals surface area (Å²) in [6, 6.07) is 24.5. The second-order valence-corrected chi connectivity index (χ2v) is 6.89. The first-order valence-corrected chi connectivity index (χ1v) is 9.73. The lowest BCUT2D eigenvalue weighted by Crippen LogP contribution is -2.21. The minimum atomic E-state index is -0.579. The Morgan fingerprint density at radius 1 is 0.767 bits per heavy atom. The molecule has 0 bridgehead atoms. The van der Waals surface area contributed by atoms with E-state index in [1.807, 2.05) is 67.6 Å². The van der Waals surface area contributed by atoms with E-state index in [0.717, 1.165) is 16.7 Å². The van der Waals surface area contributed by atoms with Gasteiger partial charge in [0.2, 0.25) is 0 Å². The van der Waals surface area contributed by atoms with Crippen LogP contribution in [0.3, 0.4) is 0 Å². The average Bonchev–Trinajstić information content (AvgIpc) is 2.78. The number of aryl methyl sites for hydroxylation is 1. The first-order chi connectivity index (χ1) is 14.5. The molecule has 5 heteroatoms. The van der Waals surface area contributed by atoms with E-state index in [9.17, 15) is 14.4 Å². The van der Waals surface area contributed by atoms with Gasteiger partial charge in [0.1, 0.15) is 0 Å². The number of anilines is 1. The van der Waals surface area contributed by atoms with Crippen LogP contribution in [0, 0.1) is 6.92 Å². The zero-order valence-electron chi connectivity index (χ0n) is 16.8. The van der Waals surface area contributed by atoms with Crippen molar-refractivity contribution < 1.29 is 19.1 Å². The molecular formula is C25H23NO4. The summed E-state index contributed by atoms with van der Waals surface area (Å²) in [6.07, 6.45) is -0.0418. The Morgan fingerprint density at radius 3 is 2.10 bits per heavy atom. The number of hydrogen-bond donors (Lipinski definition) is 1. The summed E-state index contributed by atoms with van der Waals surface area (Å²) < 4.78 is 4.98. The van der Waals surface area contributed by atoms with Crippen molar-refractivity contribution in [1.29, 1.82) is 0 Å². The van der Waals surface area contributed by atoms with Crippen LogP contribution in [0.5, 0.6) is 0 Å². The number of ether oxygens (including phenoxy) is 1. The zero-order valence-corrected chi connectivity index (χ0v) is 16.8. The Labute approximate surface area is 175 Å². The van der Waals surface area contributed by atoms with Crippen molar-refractivity contribution in [3.05, 3.63) is 90.0 Å². The molecule has 0 aliphatic rings. The van der Waals surface area contributed by atoms with Crippen LogP contribution in [-0.2, 0) is 14.3 Å². The summed E-state index contributed by atoms with van der Waals surface area (Å²) in [4.78, 5) is 36.1. The Hall–Kier alpha value is -3.73. The number of hydrogen-bond acceptors (Lipinski definition) is 4. The molecule has 0 aliphatic heterocycles. The Kier molecular flexibility index (Phi) is 7.11. The molecule has 3 rings (SSSR count). The summed E-state index contributed by atoms with van der Waals surface area (Å²) in [5.41, 5.74) is 4.23. The highest BCUT2D eigenvalue weighted by atomic mass is 16.5. The quantitative estimate of drug-likeness (QED) is 0.434. The molecule has 152 valence electrons. The maximum atomic E-state index is 12.3. The molecule has 5 nitrogen and oxygen atoms in total. The summed E-state index contributed by atoms with van der Waals surface area (Å²) in [7, 11) is 0. The molecule has 0 unspecified atom stereocenters. The van der Waals surface area contributed by atoms with Gasteiger partial charge < -0.3 is 10.1 Å². The van der Waals surface area contributed by atoms with Crippen LogP contribution in [-0.4, -0.2) is 24.3 Å². The lowest BCUT2D eigenvalue weighted by Gasteiger charge is -2.08. The number of amides is 1. The molecule has 0 aromatic heterocycles. The van der Waals surface area contributed by atoms with Gasteiger partial charge in [-0.1, -0.05) is 72.8 Å². The number of carbonyl (C=O) groups excluding carboxylic acids is 3. The van der Waals surface area contributed by atoms with Crippen molar-refractivity contribution in [2.24, 2.45) is 0 Å². The third kappa shape index (κ3) is 5.88. The van der Waals surface area contributed by atoms with Crippen molar-refractivity contribution in [1.82, 2.24) is 0 Å². The van der Waals surface area contributed by atoms with Crippen LogP contribution >= 0.6 is 0 Å². The van der Waals surface area contributed by atoms with Crippen molar-refractivity contribution >= 4 is 23.3 Å². The van der Waals surface area contributed by atoms with Gasteiger partial charge in [-0.3, -0.25) is 14.4 Å². The number of esters is 1. The van der Waals surface area contributed by atoms with E-state index in [1.165, 1.54) is 0 Å². The summed E-state index contributed by atoms with van der Waals surface area (Å²) in [5.74, 6) is -1.14. The van der Waals surface area contributed by atoms with Crippen LogP contribution < -0.4 is 5.32 Å². The molecule has 30 heavy (non-hydrogen) atoms. The lowest BCUT2D eigenvalue weighted by atomic mass is 10.0. The smallest absolute Gasteiger partial charge is 0.306 e. The fourth-order valence-electron chi connectivity index (χ4n) is 2.96. The highest BCUT2D eigenvalue weighted by Gasteiger charge is 2.13. The van der Waals surface area contributed by atoms with Gasteiger partial charge in [-0.15, -0.1) is 0 Å². The molecule has 1 N–H and O–H groups in total. The predicted molar refractivity (Wildman–Crippen MR) is 116 cm³/mol.